The molecule has 17 heavy (non-hydrogen) atoms. The SMILES string of the molecule is CCOC(=O)c1c(N(C)C)nn2cccnc12. The van der Waals surface area contributed by atoms with Crippen molar-refractivity contribution < 1.29 is 9.53 Å². The summed E-state index contributed by atoms with van der Waals surface area (Å²) in [5, 5.41) is 4.29. The van der Waals surface area contributed by atoms with Crippen LogP contribution in [0.3, 0.4) is 0 Å². The summed E-state index contributed by atoms with van der Waals surface area (Å²) in [6, 6.07) is 1.76. The maximum atomic E-state index is 11.9. The number of carbonyl (C=O) groups excluding carboxylic acids is 1. The summed E-state index contributed by atoms with van der Waals surface area (Å²) in [7, 11) is 3.65. The first-order valence-electron chi connectivity index (χ1n) is 5.33. The molecule has 0 unspecified atom stereocenters. The zero-order chi connectivity index (χ0) is 12.4. The van der Waals surface area contributed by atoms with E-state index in [0.717, 1.165) is 0 Å². The zero-order valence-corrected chi connectivity index (χ0v) is 10.0. The minimum Gasteiger partial charge on any atom is -0.462 e. The standard InChI is InChI=1S/C11H14N4O2/c1-4-17-11(16)8-9-12-6-5-7-15(9)13-10(8)14(2)3/h5-7H,4H2,1-3H3. The first-order chi connectivity index (χ1) is 8.15. The Balaban J connectivity index is 2.63. The average molecular weight is 234 g/mol. The first kappa shape index (κ1) is 11.4. The van der Waals surface area contributed by atoms with Crippen LogP contribution in [0.4, 0.5) is 5.82 Å². The van der Waals surface area contributed by atoms with E-state index in [2.05, 4.69) is 10.1 Å². The molecule has 2 rings (SSSR count). The molecule has 0 aromatic carbocycles. The molecule has 0 saturated heterocycles. The van der Waals surface area contributed by atoms with Crippen molar-refractivity contribution in [3.63, 3.8) is 0 Å². The van der Waals surface area contributed by atoms with Crippen LogP contribution >= 0.6 is 0 Å². The van der Waals surface area contributed by atoms with Gasteiger partial charge in [-0.2, -0.15) is 0 Å². The third kappa shape index (κ3) is 1.93. The molecule has 0 amide bonds. The summed E-state index contributed by atoms with van der Waals surface area (Å²) in [4.78, 5) is 17.8. The molecule has 6 nitrogen and oxygen atoms in total. The summed E-state index contributed by atoms with van der Waals surface area (Å²) in [5.74, 6) is 0.159. The fraction of sp³-hybridized carbons (Fsp3) is 0.364. The van der Waals surface area contributed by atoms with Crippen LogP contribution in [-0.2, 0) is 4.74 Å². The molecule has 6 heteroatoms. The van der Waals surface area contributed by atoms with Crippen molar-refractivity contribution >= 4 is 17.4 Å². The van der Waals surface area contributed by atoms with Crippen LogP contribution in [0.15, 0.2) is 18.5 Å². The summed E-state index contributed by atoms with van der Waals surface area (Å²) >= 11 is 0. The summed E-state index contributed by atoms with van der Waals surface area (Å²) in [6.45, 7) is 2.10. The number of hydrogen-bond donors (Lipinski definition) is 0. The Morgan fingerprint density at radius 2 is 2.29 bits per heavy atom. The molecule has 0 N–H and O–H groups in total. The zero-order valence-electron chi connectivity index (χ0n) is 10.0. The van der Waals surface area contributed by atoms with Crippen molar-refractivity contribution in [1.29, 1.82) is 0 Å². The van der Waals surface area contributed by atoms with Gasteiger partial charge in [0.25, 0.3) is 0 Å². The monoisotopic (exact) mass is 234 g/mol. The van der Waals surface area contributed by atoms with Gasteiger partial charge in [0.1, 0.15) is 5.56 Å². The molecule has 0 atom stereocenters. The van der Waals surface area contributed by atoms with Crippen LogP contribution in [0, 0.1) is 0 Å². The van der Waals surface area contributed by atoms with E-state index >= 15 is 0 Å². The largest absolute Gasteiger partial charge is 0.462 e. The van der Waals surface area contributed by atoms with Gasteiger partial charge in [-0.05, 0) is 13.0 Å². The minimum absolute atomic E-state index is 0.329. The Bertz CT molecular complexity index is 547. The fourth-order valence-electron chi connectivity index (χ4n) is 1.57. The van der Waals surface area contributed by atoms with Crippen LogP contribution in [0.5, 0.6) is 0 Å². The summed E-state index contributed by atoms with van der Waals surface area (Å²) in [6.07, 6.45) is 3.37. The van der Waals surface area contributed by atoms with E-state index in [4.69, 9.17) is 4.74 Å². The second kappa shape index (κ2) is 4.40. The maximum Gasteiger partial charge on any atom is 0.345 e. The number of nitrogens with zero attached hydrogens (tertiary/aromatic N) is 4. The van der Waals surface area contributed by atoms with Crippen LogP contribution in [-0.4, -0.2) is 41.3 Å². The minimum atomic E-state index is -0.398. The van der Waals surface area contributed by atoms with Crippen LogP contribution in [0.2, 0.25) is 0 Å². The Labute approximate surface area is 98.8 Å². The highest BCUT2D eigenvalue weighted by atomic mass is 16.5. The number of carbonyl (C=O) groups is 1. The van der Waals surface area contributed by atoms with Crippen molar-refractivity contribution in [3.05, 3.63) is 24.0 Å². The molecular weight excluding hydrogens is 220 g/mol. The number of hydrogen-bond acceptors (Lipinski definition) is 5. The van der Waals surface area contributed by atoms with Gasteiger partial charge in [0, 0.05) is 26.5 Å². The van der Waals surface area contributed by atoms with E-state index < -0.39 is 5.97 Å². The molecule has 0 bridgehead atoms. The number of aromatic nitrogens is 3. The number of ether oxygens (including phenoxy) is 1. The van der Waals surface area contributed by atoms with Crippen LogP contribution in [0.25, 0.3) is 5.65 Å². The van der Waals surface area contributed by atoms with Gasteiger partial charge in [0.2, 0.25) is 0 Å². The normalized spacial score (nSPS) is 10.5. The molecule has 0 aliphatic rings. The van der Waals surface area contributed by atoms with E-state index in [9.17, 15) is 4.79 Å². The number of rotatable bonds is 3. The second-order valence-corrected chi connectivity index (χ2v) is 3.70. The molecule has 2 aromatic heterocycles. The number of fused-ring (bicyclic) bond motifs is 1. The van der Waals surface area contributed by atoms with Gasteiger partial charge in [0.15, 0.2) is 11.5 Å². The van der Waals surface area contributed by atoms with Gasteiger partial charge < -0.3 is 9.64 Å². The molecule has 0 radical (unpaired) electrons. The molecule has 0 aliphatic heterocycles. The van der Waals surface area contributed by atoms with Crippen molar-refractivity contribution in [2.75, 3.05) is 25.6 Å². The molecule has 0 fully saturated rings. The molecular formula is C11H14N4O2. The summed E-state index contributed by atoms with van der Waals surface area (Å²) in [5.41, 5.74) is 0.909. The lowest BCUT2D eigenvalue weighted by Gasteiger charge is -2.09. The third-order valence-corrected chi connectivity index (χ3v) is 2.28. The van der Waals surface area contributed by atoms with Crippen LogP contribution in [0.1, 0.15) is 17.3 Å². The topological polar surface area (TPSA) is 59.7 Å². The Kier molecular flexibility index (Phi) is 2.95. The molecule has 90 valence electrons. The highest BCUT2D eigenvalue weighted by Gasteiger charge is 2.22. The van der Waals surface area contributed by atoms with Crippen LogP contribution < -0.4 is 4.90 Å². The van der Waals surface area contributed by atoms with Gasteiger partial charge in [-0.25, -0.2) is 14.3 Å². The van der Waals surface area contributed by atoms with Gasteiger partial charge in [0.05, 0.1) is 6.61 Å². The predicted molar refractivity (Wildman–Crippen MR) is 63.3 cm³/mol. The first-order valence-corrected chi connectivity index (χ1v) is 5.33. The van der Waals surface area contributed by atoms with Gasteiger partial charge in [-0.15, -0.1) is 5.10 Å². The third-order valence-electron chi connectivity index (χ3n) is 2.28. The van der Waals surface area contributed by atoms with Gasteiger partial charge in [-0.3, -0.25) is 0 Å². The fourth-order valence-corrected chi connectivity index (χ4v) is 1.57. The van der Waals surface area contributed by atoms with E-state index in [1.165, 1.54) is 0 Å². The Morgan fingerprint density at radius 1 is 1.53 bits per heavy atom. The van der Waals surface area contributed by atoms with Crippen molar-refractivity contribution in [2.45, 2.75) is 6.92 Å². The smallest absolute Gasteiger partial charge is 0.345 e. The highest BCUT2D eigenvalue weighted by molar-refractivity contribution is 6.01. The number of esters is 1. The van der Waals surface area contributed by atoms with Gasteiger partial charge >= 0.3 is 5.97 Å². The van der Waals surface area contributed by atoms with Gasteiger partial charge in [-0.1, -0.05) is 0 Å². The molecule has 2 aromatic rings. The molecule has 0 spiro atoms. The molecule has 2 heterocycles. The quantitative estimate of drug-likeness (QED) is 0.741. The lowest BCUT2D eigenvalue weighted by atomic mass is 10.3. The summed E-state index contributed by atoms with van der Waals surface area (Å²) < 4.78 is 6.60. The van der Waals surface area contributed by atoms with Crippen molar-refractivity contribution in [2.24, 2.45) is 0 Å². The lowest BCUT2D eigenvalue weighted by molar-refractivity contribution is 0.0529. The van der Waals surface area contributed by atoms with E-state index in [0.29, 0.717) is 23.6 Å². The lowest BCUT2D eigenvalue weighted by Crippen LogP contribution is -2.15. The Hall–Kier alpha value is -2.11. The maximum absolute atomic E-state index is 11.9. The Morgan fingerprint density at radius 3 is 2.94 bits per heavy atom. The van der Waals surface area contributed by atoms with E-state index in [1.807, 2.05) is 14.1 Å². The highest BCUT2D eigenvalue weighted by Crippen LogP contribution is 2.21. The van der Waals surface area contributed by atoms with Crippen molar-refractivity contribution in [3.8, 4) is 0 Å². The second-order valence-electron chi connectivity index (χ2n) is 3.70. The van der Waals surface area contributed by atoms with E-state index in [-0.39, 0.29) is 0 Å². The van der Waals surface area contributed by atoms with Crippen molar-refractivity contribution in [1.82, 2.24) is 14.6 Å². The number of anilines is 1. The molecule has 0 aliphatic carbocycles. The predicted octanol–water partition coefficient (Wildman–Crippen LogP) is 0.972. The van der Waals surface area contributed by atoms with E-state index in [1.54, 1.807) is 34.8 Å². The molecule has 0 saturated carbocycles. The average Bonchev–Trinajstić information content (AvgIpc) is 2.68.